The number of carbonyl (C=O) groups is 2. The Labute approximate surface area is 84.9 Å². The van der Waals surface area contributed by atoms with Gasteiger partial charge < -0.3 is 14.8 Å². The predicted molar refractivity (Wildman–Crippen MR) is 54.4 cm³/mol. The van der Waals surface area contributed by atoms with Crippen molar-refractivity contribution in [1.29, 1.82) is 0 Å². The van der Waals surface area contributed by atoms with Crippen LogP contribution in [0.1, 0.15) is 33.6 Å². The zero-order valence-corrected chi connectivity index (χ0v) is 9.12. The van der Waals surface area contributed by atoms with Crippen LogP contribution < -0.4 is 0 Å². The van der Waals surface area contributed by atoms with E-state index in [2.05, 4.69) is 0 Å². The molecule has 0 unspecified atom stereocenters. The van der Waals surface area contributed by atoms with Crippen LogP contribution in [0, 0.1) is 5.41 Å². The molecule has 0 aliphatic heterocycles. The second kappa shape index (κ2) is 5.62. The summed E-state index contributed by atoms with van der Waals surface area (Å²) in [5.41, 5.74) is -0.0421. The normalized spacial score (nSPS) is 11.1. The first kappa shape index (κ1) is 12.9. The molecule has 0 fully saturated rings. The quantitative estimate of drug-likeness (QED) is 0.546. The molecule has 0 spiro atoms. The Balaban J connectivity index is 4.03. The lowest BCUT2D eigenvalue weighted by Crippen LogP contribution is -2.37. The summed E-state index contributed by atoms with van der Waals surface area (Å²) in [6, 6.07) is 0. The molecule has 0 aliphatic rings. The van der Waals surface area contributed by atoms with Crippen LogP contribution in [0.3, 0.4) is 0 Å². The van der Waals surface area contributed by atoms with Crippen molar-refractivity contribution < 1.29 is 14.7 Å². The van der Waals surface area contributed by atoms with Gasteiger partial charge in [-0.05, 0) is 11.8 Å². The topological polar surface area (TPSA) is 57.6 Å². The van der Waals surface area contributed by atoms with Crippen LogP contribution in [0.5, 0.6) is 0 Å². The van der Waals surface area contributed by atoms with Gasteiger partial charge in [0.05, 0.1) is 0 Å². The molecule has 0 radical (unpaired) electrons. The van der Waals surface area contributed by atoms with Crippen LogP contribution in [0.25, 0.3) is 0 Å². The maximum Gasteiger partial charge on any atom is 0.407 e. The van der Waals surface area contributed by atoms with Gasteiger partial charge in [-0.3, -0.25) is 0 Å². The number of hydrogen-bond acceptors (Lipinski definition) is 2. The van der Waals surface area contributed by atoms with E-state index in [-0.39, 0.29) is 5.41 Å². The largest absolute Gasteiger partial charge is 0.465 e. The number of nitrogens with zero attached hydrogens (tertiary/aromatic N) is 1. The smallest absolute Gasteiger partial charge is 0.407 e. The predicted octanol–water partition coefficient (Wildman–Crippen LogP) is 1.99. The molecule has 0 atom stereocenters. The highest BCUT2D eigenvalue weighted by atomic mass is 16.4. The average Bonchev–Trinajstić information content (AvgIpc) is 2.00. The van der Waals surface area contributed by atoms with Crippen LogP contribution in [0.4, 0.5) is 4.79 Å². The molecule has 4 nitrogen and oxygen atoms in total. The van der Waals surface area contributed by atoms with Crippen LogP contribution in [0.15, 0.2) is 0 Å². The van der Waals surface area contributed by atoms with Gasteiger partial charge in [0.25, 0.3) is 0 Å². The highest BCUT2D eigenvalue weighted by Gasteiger charge is 2.19. The van der Waals surface area contributed by atoms with E-state index in [4.69, 9.17) is 5.11 Å². The van der Waals surface area contributed by atoms with Crippen molar-refractivity contribution in [3.8, 4) is 0 Å². The molecule has 0 saturated heterocycles. The van der Waals surface area contributed by atoms with Gasteiger partial charge in [-0.15, -0.1) is 0 Å². The lowest BCUT2D eigenvalue weighted by Gasteiger charge is -2.27. The fourth-order valence-electron chi connectivity index (χ4n) is 1.18. The first-order valence-corrected chi connectivity index (χ1v) is 4.78. The Bertz CT molecular complexity index is 196. The van der Waals surface area contributed by atoms with Crippen molar-refractivity contribution in [1.82, 2.24) is 4.90 Å². The van der Waals surface area contributed by atoms with Crippen molar-refractivity contribution in [2.45, 2.75) is 33.6 Å². The Kier molecular flexibility index (Phi) is 5.20. The van der Waals surface area contributed by atoms with Gasteiger partial charge in [0.15, 0.2) is 0 Å². The Morgan fingerprint density at radius 1 is 1.43 bits per heavy atom. The third kappa shape index (κ3) is 6.46. The number of amides is 1. The molecule has 0 aromatic heterocycles. The molecule has 0 saturated carbocycles. The summed E-state index contributed by atoms with van der Waals surface area (Å²) < 4.78 is 0. The molecule has 4 heteroatoms. The van der Waals surface area contributed by atoms with Gasteiger partial charge in [0.1, 0.15) is 6.29 Å². The van der Waals surface area contributed by atoms with Gasteiger partial charge in [-0.1, -0.05) is 20.8 Å². The molecule has 0 bridgehead atoms. The van der Waals surface area contributed by atoms with E-state index in [0.29, 0.717) is 25.9 Å². The summed E-state index contributed by atoms with van der Waals surface area (Å²) in [7, 11) is 0. The van der Waals surface area contributed by atoms with E-state index in [1.807, 2.05) is 20.8 Å². The molecule has 82 valence electrons. The molecule has 0 rings (SSSR count). The third-order valence-corrected chi connectivity index (χ3v) is 1.69. The van der Waals surface area contributed by atoms with E-state index in [0.717, 1.165) is 6.29 Å². The van der Waals surface area contributed by atoms with Crippen LogP contribution in [-0.4, -0.2) is 35.5 Å². The molecule has 14 heavy (non-hydrogen) atoms. The summed E-state index contributed by atoms with van der Waals surface area (Å²) in [5.74, 6) is 0. The number of unbranched alkanes of at least 4 members (excludes halogenated alkanes) is 1. The highest BCUT2D eigenvalue weighted by Crippen LogP contribution is 2.15. The van der Waals surface area contributed by atoms with Crippen molar-refractivity contribution in [2.24, 2.45) is 5.41 Å². The fourth-order valence-corrected chi connectivity index (χ4v) is 1.18. The monoisotopic (exact) mass is 201 g/mol. The summed E-state index contributed by atoms with van der Waals surface area (Å²) in [6.45, 7) is 6.90. The summed E-state index contributed by atoms with van der Waals surface area (Å²) in [4.78, 5) is 22.2. The number of carbonyl (C=O) groups excluding carboxylic acids is 1. The maximum absolute atomic E-state index is 10.8. The zero-order valence-electron chi connectivity index (χ0n) is 9.12. The molecule has 0 aromatic rings. The van der Waals surface area contributed by atoms with Crippen molar-refractivity contribution in [3.63, 3.8) is 0 Å². The molecule has 1 N–H and O–H groups in total. The van der Waals surface area contributed by atoms with E-state index in [1.54, 1.807) is 0 Å². The Morgan fingerprint density at radius 3 is 2.36 bits per heavy atom. The molecule has 0 aliphatic carbocycles. The lowest BCUT2D eigenvalue weighted by atomic mass is 9.96. The fraction of sp³-hybridized carbons (Fsp3) is 0.800. The number of aldehydes is 1. The van der Waals surface area contributed by atoms with Crippen LogP contribution in [0.2, 0.25) is 0 Å². The maximum atomic E-state index is 10.8. The highest BCUT2D eigenvalue weighted by molar-refractivity contribution is 5.65. The molecule has 0 aromatic carbocycles. The molecular weight excluding hydrogens is 182 g/mol. The third-order valence-electron chi connectivity index (χ3n) is 1.69. The first-order chi connectivity index (χ1) is 6.37. The minimum atomic E-state index is -0.911. The van der Waals surface area contributed by atoms with Gasteiger partial charge in [-0.25, -0.2) is 4.79 Å². The number of rotatable bonds is 5. The van der Waals surface area contributed by atoms with E-state index in [1.165, 1.54) is 4.90 Å². The van der Waals surface area contributed by atoms with Gasteiger partial charge in [0, 0.05) is 19.5 Å². The van der Waals surface area contributed by atoms with Crippen molar-refractivity contribution >= 4 is 12.4 Å². The molecular formula is C10H19NO3. The van der Waals surface area contributed by atoms with Gasteiger partial charge in [0.2, 0.25) is 0 Å². The Hall–Kier alpha value is -1.06. The Morgan fingerprint density at radius 2 is 2.00 bits per heavy atom. The molecule has 1 amide bonds. The number of hydrogen-bond donors (Lipinski definition) is 1. The van der Waals surface area contributed by atoms with Crippen molar-refractivity contribution in [2.75, 3.05) is 13.1 Å². The van der Waals surface area contributed by atoms with E-state index in [9.17, 15) is 9.59 Å². The summed E-state index contributed by atoms with van der Waals surface area (Å²) in [6.07, 6.45) is 0.933. The second-order valence-corrected chi connectivity index (χ2v) is 4.57. The lowest BCUT2D eigenvalue weighted by molar-refractivity contribution is -0.108. The summed E-state index contributed by atoms with van der Waals surface area (Å²) in [5, 5.41) is 8.87. The van der Waals surface area contributed by atoms with E-state index < -0.39 is 6.09 Å². The van der Waals surface area contributed by atoms with Crippen LogP contribution >= 0.6 is 0 Å². The van der Waals surface area contributed by atoms with E-state index >= 15 is 0 Å². The summed E-state index contributed by atoms with van der Waals surface area (Å²) >= 11 is 0. The van der Waals surface area contributed by atoms with Gasteiger partial charge in [-0.2, -0.15) is 0 Å². The van der Waals surface area contributed by atoms with Gasteiger partial charge >= 0.3 is 6.09 Å². The number of carboxylic acid groups (broad SMARTS) is 1. The first-order valence-electron chi connectivity index (χ1n) is 4.78. The second-order valence-electron chi connectivity index (χ2n) is 4.57. The minimum Gasteiger partial charge on any atom is -0.465 e. The average molecular weight is 201 g/mol. The standard InChI is InChI=1S/C10H19NO3/c1-10(2,3)8-11(9(13)14)6-4-5-7-12/h7H,4-6,8H2,1-3H3,(H,13,14). The van der Waals surface area contributed by atoms with Crippen LogP contribution in [-0.2, 0) is 4.79 Å². The van der Waals surface area contributed by atoms with Crippen molar-refractivity contribution in [3.05, 3.63) is 0 Å². The minimum absolute atomic E-state index is 0.0421. The SMILES string of the molecule is CC(C)(C)CN(CCCC=O)C(=O)O. The molecule has 0 heterocycles. The zero-order chi connectivity index (χ0) is 11.2.